The van der Waals surface area contributed by atoms with Crippen LogP contribution in [0.15, 0.2) is 89.3 Å². The van der Waals surface area contributed by atoms with Crippen molar-refractivity contribution in [2.45, 2.75) is 79.7 Å². The van der Waals surface area contributed by atoms with Crippen LogP contribution in [0.3, 0.4) is 0 Å². The van der Waals surface area contributed by atoms with Crippen LogP contribution in [0.2, 0.25) is 0 Å². The van der Waals surface area contributed by atoms with Gasteiger partial charge in [-0.25, -0.2) is 0 Å². The maximum Gasteiger partial charge on any atom is 0.262 e. The summed E-state index contributed by atoms with van der Waals surface area (Å²) >= 11 is 0. The molecule has 0 fully saturated rings. The van der Waals surface area contributed by atoms with Crippen molar-refractivity contribution in [1.82, 2.24) is 4.90 Å². The van der Waals surface area contributed by atoms with Gasteiger partial charge in [0.25, 0.3) is 5.91 Å². The van der Waals surface area contributed by atoms with Gasteiger partial charge in [-0.05, 0) is 84.0 Å². The first-order valence-corrected chi connectivity index (χ1v) is 16.8. The van der Waals surface area contributed by atoms with E-state index in [2.05, 4.69) is 50.0 Å². The maximum absolute atomic E-state index is 14.2. The Morgan fingerprint density at radius 2 is 1.42 bits per heavy atom. The van der Waals surface area contributed by atoms with Crippen LogP contribution in [0.25, 0.3) is 0 Å². The zero-order valence-electron chi connectivity index (χ0n) is 29.2. The van der Waals surface area contributed by atoms with Crippen LogP contribution < -0.4 is 14.8 Å². The third-order valence-electron chi connectivity index (χ3n) is 9.88. The third-order valence-corrected chi connectivity index (χ3v) is 9.88. The smallest absolute Gasteiger partial charge is 0.262 e. The van der Waals surface area contributed by atoms with Gasteiger partial charge < -0.3 is 19.7 Å². The molecule has 3 aromatic carbocycles. The minimum absolute atomic E-state index is 0.0794. The van der Waals surface area contributed by atoms with E-state index in [1.807, 2.05) is 62.4 Å². The van der Waals surface area contributed by atoms with Crippen LogP contribution >= 0.6 is 0 Å². The predicted octanol–water partition coefficient (Wildman–Crippen LogP) is 8.22. The average molecular weight is 647 g/mol. The number of hydrogen-bond donors (Lipinski definition) is 1. The number of ketones is 2. The Hall–Kier alpha value is -4.65. The van der Waals surface area contributed by atoms with E-state index in [0.717, 1.165) is 46.5 Å². The molecule has 3 aromatic rings. The van der Waals surface area contributed by atoms with E-state index in [1.165, 1.54) is 0 Å². The second-order valence-electron chi connectivity index (χ2n) is 15.2. The fourth-order valence-corrected chi connectivity index (χ4v) is 7.48. The number of methoxy groups -OCH3 is 1. The monoisotopic (exact) mass is 646 g/mol. The number of nitrogens with zero attached hydrogens (tertiary/aromatic N) is 1. The molecule has 0 spiro atoms. The number of amides is 1. The Morgan fingerprint density at radius 1 is 0.792 bits per heavy atom. The van der Waals surface area contributed by atoms with Gasteiger partial charge >= 0.3 is 0 Å². The highest BCUT2D eigenvalue weighted by atomic mass is 16.5. The van der Waals surface area contributed by atoms with Gasteiger partial charge in [-0.3, -0.25) is 14.4 Å². The molecule has 3 aliphatic rings. The van der Waals surface area contributed by atoms with Crippen molar-refractivity contribution in [2.75, 3.05) is 19.0 Å². The number of nitrogens with one attached hydrogen (secondary N) is 1. The van der Waals surface area contributed by atoms with Crippen molar-refractivity contribution in [3.05, 3.63) is 112 Å². The molecule has 7 nitrogen and oxygen atoms in total. The number of anilines is 1. The molecule has 7 heteroatoms. The van der Waals surface area contributed by atoms with E-state index in [1.54, 1.807) is 13.2 Å². The summed E-state index contributed by atoms with van der Waals surface area (Å²) in [5, 5.41) is 2.89. The number of benzene rings is 3. The highest BCUT2D eigenvalue weighted by Gasteiger charge is 2.49. The predicted molar refractivity (Wildman–Crippen MR) is 188 cm³/mol. The third kappa shape index (κ3) is 6.69. The summed E-state index contributed by atoms with van der Waals surface area (Å²) in [4.78, 5) is 43.5. The average Bonchev–Trinajstić information content (AvgIpc) is 3.02. The van der Waals surface area contributed by atoms with Gasteiger partial charge in [0.2, 0.25) is 0 Å². The van der Waals surface area contributed by atoms with Crippen molar-refractivity contribution >= 4 is 23.2 Å². The van der Waals surface area contributed by atoms with Crippen LogP contribution in [0.1, 0.15) is 81.5 Å². The molecule has 6 rings (SSSR count). The first-order chi connectivity index (χ1) is 22.7. The van der Waals surface area contributed by atoms with Crippen molar-refractivity contribution in [1.29, 1.82) is 0 Å². The molecule has 0 saturated heterocycles. The van der Waals surface area contributed by atoms with Crippen LogP contribution in [0.5, 0.6) is 11.5 Å². The van der Waals surface area contributed by atoms with Gasteiger partial charge in [-0.2, -0.15) is 0 Å². The van der Waals surface area contributed by atoms with Crippen LogP contribution in [-0.2, 0) is 20.9 Å². The number of ether oxygens (including phenoxy) is 2. The summed E-state index contributed by atoms with van der Waals surface area (Å²) in [6, 6.07) is 21.6. The molecule has 0 bridgehead atoms. The van der Waals surface area contributed by atoms with Crippen LogP contribution in [0, 0.1) is 24.7 Å². The number of carbonyl (C=O) groups is 3. The summed E-state index contributed by atoms with van der Waals surface area (Å²) in [5.41, 5.74) is 7.90. The number of Topliss-reactive ketones (excluding diaryl/α,β-unsaturated/α-hetero) is 2. The first-order valence-electron chi connectivity index (χ1n) is 16.8. The number of allylic oxidation sites excluding steroid dienone is 4. The van der Waals surface area contributed by atoms with Gasteiger partial charge in [0.15, 0.2) is 29.7 Å². The largest absolute Gasteiger partial charge is 0.493 e. The molecule has 1 aliphatic heterocycles. The molecular weight excluding hydrogens is 600 g/mol. The lowest BCUT2D eigenvalue weighted by atomic mass is 9.63. The Balaban J connectivity index is 1.38. The van der Waals surface area contributed by atoms with Gasteiger partial charge in [-0.15, -0.1) is 0 Å². The Labute approximate surface area is 284 Å². The van der Waals surface area contributed by atoms with E-state index in [4.69, 9.17) is 9.47 Å². The minimum Gasteiger partial charge on any atom is -0.493 e. The fourth-order valence-electron chi connectivity index (χ4n) is 7.48. The van der Waals surface area contributed by atoms with Crippen molar-refractivity contribution in [3.8, 4) is 11.5 Å². The van der Waals surface area contributed by atoms with E-state index >= 15 is 0 Å². The van der Waals surface area contributed by atoms with Crippen LogP contribution in [0.4, 0.5) is 5.69 Å². The second-order valence-corrected chi connectivity index (χ2v) is 15.2. The lowest BCUT2D eigenvalue weighted by molar-refractivity contribution is -0.120. The van der Waals surface area contributed by atoms with Gasteiger partial charge in [-0.1, -0.05) is 70.2 Å². The molecule has 1 N–H and O–H groups in total. The normalized spacial score (nSPS) is 18.8. The highest BCUT2D eigenvalue weighted by molar-refractivity contribution is 6.07. The molecule has 2 aliphatic carbocycles. The zero-order chi connectivity index (χ0) is 34.4. The molecular formula is C41H46N2O5. The van der Waals surface area contributed by atoms with Gasteiger partial charge in [0, 0.05) is 53.5 Å². The number of carbonyl (C=O) groups excluding carboxylic acids is 3. The first kappa shape index (κ1) is 33.3. The molecule has 0 aromatic heterocycles. The highest BCUT2D eigenvalue weighted by Crippen LogP contribution is 2.55. The summed E-state index contributed by atoms with van der Waals surface area (Å²) in [6.07, 6.45) is 2.29. The molecule has 250 valence electrons. The molecule has 0 unspecified atom stereocenters. The standard InChI is InChI=1S/C41H46N2O5/c1-25-13-15-29(17-26(25)2)42-36(46)24-48-34-16-14-28(18-35(34)47-7)37-38-30(19-40(3,4)21-32(38)44)43(23-27-11-9-8-10-12-27)31-20-41(5,6)22-33(45)39(31)37/h8-18,37H,19-24H2,1-7H3,(H,42,46). The number of hydrogen-bond acceptors (Lipinski definition) is 6. The van der Waals surface area contributed by atoms with Crippen molar-refractivity contribution in [2.24, 2.45) is 10.8 Å². The van der Waals surface area contributed by atoms with Gasteiger partial charge in [0.1, 0.15) is 0 Å². The van der Waals surface area contributed by atoms with Gasteiger partial charge in [0.05, 0.1) is 7.11 Å². The Morgan fingerprint density at radius 3 is 2.00 bits per heavy atom. The Bertz CT molecular complexity index is 1800. The molecule has 0 saturated carbocycles. The summed E-state index contributed by atoms with van der Waals surface area (Å²) in [7, 11) is 1.56. The number of aryl methyl sites for hydroxylation is 2. The lowest BCUT2D eigenvalue weighted by Gasteiger charge is -2.49. The molecule has 0 atom stereocenters. The topological polar surface area (TPSA) is 84.9 Å². The summed E-state index contributed by atoms with van der Waals surface area (Å²) in [5.74, 6) is 0.214. The quantitative estimate of drug-likeness (QED) is 0.266. The zero-order valence-corrected chi connectivity index (χ0v) is 29.2. The minimum atomic E-state index is -0.509. The van der Waals surface area contributed by atoms with E-state index < -0.39 is 5.92 Å². The molecule has 1 amide bonds. The summed E-state index contributed by atoms with van der Waals surface area (Å²) < 4.78 is 11.7. The van der Waals surface area contributed by atoms with Crippen LogP contribution in [-0.4, -0.2) is 36.1 Å². The van der Waals surface area contributed by atoms with E-state index in [-0.39, 0.29) is 34.9 Å². The molecule has 1 heterocycles. The fraction of sp³-hybridized carbons (Fsp3) is 0.390. The van der Waals surface area contributed by atoms with Crippen molar-refractivity contribution < 1.29 is 23.9 Å². The van der Waals surface area contributed by atoms with E-state index in [0.29, 0.717) is 47.7 Å². The summed E-state index contributed by atoms with van der Waals surface area (Å²) in [6.45, 7) is 13.0. The van der Waals surface area contributed by atoms with E-state index in [9.17, 15) is 14.4 Å². The Kier molecular flexibility index (Phi) is 8.84. The lowest BCUT2D eigenvalue weighted by Crippen LogP contribution is -2.44. The molecule has 48 heavy (non-hydrogen) atoms. The molecule has 0 radical (unpaired) electrons. The number of rotatable bonds is 8. The second kappa shape index (κ2) is 12.8. The van der Waals surface area contributed by atoms with Crippen molar-refractivity contribution in [3.63, 3.8) is 0 Å². The maximum atomic E-state index is 14.2. The SMILES string of the molecule is COc1cc(C2C3=C(CC(C)(C)CC3=O)N(Cc3ccccc3)C3=C2C(=O)CC(C)(C)C3)ccc1OCC(=O)Nc1ccc(C)c(C)c1.